The van der Waals surface area contributed by atoms with Crippen LogP contribution in [0.5, 0.6) is 0 Å². The van der Waals surface area contributed by atoms with Gasteiger partial charge >= 0.3 is 0 Å². The molecule has 6 nitrogen and oxygen atoms in total. The topological polar surface area (TPSA) is 78.5 Å². The highest BCUT2D eigenvalue weighted by Gasteiger charge is 2.24. The molecule has 0 saturated carbocycles. The first-order chi connectivity index (χ1) is 12.5. The zero-order valence-corrected chi connectivity index (χ0v) is 15.6. The van der Waals surface area contributed by atoms with Crippen molar-refractivity contribution in [2.45, 2.75) is 26.2 Å². The highest BCUT2D eigenvalue weighted by molar-refractivity contribution is 7.90. The quantitative estimate of drug-likeness (QED) is 0.817. The van der Waals surface area contributed by atoms with E-state index in [2.05, 4.69) is 9.44 Å². The summed E-state index contributed by atoms with van der Waals surface area (Å²) in [5.41, 5.74) is 2.96. The van der Waals surface area contributed by atoms with Crippen molar-refractivity contribution >= 4 is 27.5 Å². The van der Waals surface area contributed by atoms with Crippen LogP contribution in [0.15, 0.2) is 48.5 Å². The maximum absolute atomic E-state index is 12.8. The van der Waals surface area contributed by atoms with Crippen LogP contribution in [0, 0.1) is 0 Å². The first-order valence-corrected chi connectivity index (χ1v) is 10.3. The van der Waals surface area contributed by atoms with Gasteiger partial charge < -0.3 is 4.90 Å². The average molecular weight is 373 g/mol. The molecule has 1 aliphatic rings. The lowest BCUT2D eigenvalue weighted by atomic mass is 10.00. The Balaban J connectivity index is 1.82. The van der Waals surface area contributed by atoms with E-state index >= 15 is 0 Å². The second kappa shape index (κ2) is 7.88. The summed E-state index contributed by atoms with van der Waals surface area (Å²) in [5, 5.41) is 0. The van der Waals surface area contributed by atoms with Crippen LogP contribution in [0.2, 0.25) is 0 Å². The maximum atomic E-state index is 12.8. The molecular weight excluding hydrogens is 350 g/mol. The second-order valence-corrected chi connectivity index (χ2v) is 7.77. The molecule has 138 valence electrons. The SMILES string of the molecule is CCCNS(=O)(=O)Nc1ccc2c(c1)CCCN2C(=O)c1ccccc1. The molecule has 0 spiro atoms. The Morgan fingerprint density at radius 1 is 1.15 bits per heavy atom. The molecule has 1 amide bonds. The standard InChI is InChI=1S/C19H23N3O3S/c1-2-12-20-26(24,25)21-17-10-11-18-16(14-17)9-6-13-22(18)19(23)15-7-4-3-5-8-15/h3-5,7-8,10-11,14,20-21H,2,6,9,12-13H2,1H3. The summed E-state index contributed by atoms with van der Waals surface area (Å²) < 4.78 is 29.0. The minimum absolute atomic E-state index is 0.0375. The molecule has 0 aromatic heterocycles. The number of carbonyl (C=O) groups excluding carboxylic acids is 1. The third-order valence-corrected chi connectivity index (χ3v) is 5.35. The molecule has 2 N–H and O–H groups in total. The van der Waals surface area contributed by atoms with Crippen LogP contribution in [-0.4, -0.2) is 27.4 Å². The van der Waals surface area contributed by atoms with Gasteiger partial charge in [-0.1, -0.05) is 25.1 Å². The summed E-state index contributed by atoms with van der Waals surface area (Å²) in [6, 6.07) is 14.5. The molecule has 3 rings (SSSR count). The molecule has 0 atom stereocenters. The Hall–Kier alpha value is -2.38. The molecule has 1 aliphatic heterocycles. The Bertz CT molecular complexity index is 882. The van der Waals surface area contributed by atoms with Gasteiger partial charge in [0.2, 0.25) is 0 Å². The molecule has 1 heterocycles. The van der Waals surface area contributed by atoms with Crippen LogP contribution in [0.25, 0.3) is 0 Å². The van der Waals surface area contributed by atoms with Gasteiger partial charge in [0.05, 0.1) is 5.69 Å². The number of fused-ring (bicyclic) bond motifs is 1. The van der Waals surface area contributed by atoms with Gasteiger partial charge in [0.15, 0.2) is 0 Å². The van der Waals surface area contributed by atoms with E-state index in [-0.39, 0.29) is 5.91 Å². The molecular formula is C19H23N3O3S. The predicted molar refractivity (Wildman–Crippen MR) is 104 cm³/mol. The largest absolute Gasteiger partial charge is 0.308 e. The smallest absolute Gasteiger partial charge is 0.299 e. The third-order valence-electron chi connectivity index (χ3n) is 4.26. The average Bonchev–Trinajstić information content (AvgIpc) is 2.65. The summed E-state index contributed by atoms with van der Waals surface area (Å²) in [4.78, 5) is 14.6. The van der Waals surface area contributed by atoms with E-state index in [9.17, 15) is 13.2 Å². The molecule has 2 aromatic rings. The number of aryl methyl sites for hydroxylation is 1. The van der Waals surface area contributed by atoms with E-state index in [1.807, 2.05) is 37.3 Å². The normalized spacial score (nSPS) is 14.0. The van der Waals surface area contributed by atoms with Crippen LogP contribution < -0.4 is 14.3 Å². The lowest BCUT2D eigenvalue weighted by Gasteiger charge is -2.30. The van der Waals surface area contributed by atoms with E-state index in [1.54, 1.807) is 23.1 Å². The fraction of sp³-hybridized carbons (Fsp3) is 0.316. The Morgan fingerprint density at radius 2 is 1.92 bits per heavy atom. The molecule has 0 fully saturated rings. The van der Waals surface area contributed by atoms with E-state index < -0.39 is 10.2 Å². The van der Waals surface area contributed by atoms with Gasteiger partial charge in [-0.25, -0.2) is 0 Å². The van der Waals surface area contributed by atoms with Gasteiger partial charge in [-0.2, -0.15) is 13.1 Å². The fourth-order valence-corrected chi connectivity index (χ4v) is 4.02. The van der Waals surface area contributed by atoms with E-state index in [0.717, 1.165) is 30.5 Å². The van der Waals surface area contributed by atoms with Crippen molar-refractivity contribution in [3.05, 3.63) is 59.7 Å². The lowest BCUT2D eigenvalue weighted by Crippen LogP contribution is -2.35. The number of amides is 1. The summed E-state index contributed by atoms with van der Waals surface area (Å²) in [7, 11) is -3.58. The monoisotopic (exact) mass is 373 g/mol. The fourth-order valence-electron chi connectivity index (χ4n) is 3.04. The van der Waals surface area contributed by atoms with E-state index in [4.69, 9.17) is 0 Å². The Labute approximate surface area is 154 Å². The molecule has 0 radical (unpaired) electrons. The molecule has 2 aromatic carbocycles. The molecule has 0 aliphatic carbocycles. The maximum Gasteiger partial charge on any atom is 0.299 e. The van der Waals surface area contributed by atoms with Gasteiger partial charge in [-0.3, -0.25) is 9.52 Å². The van der Waals surface area contributed by atoms with E-state index in [0.29, 0.717) is 24.3 Å². The molecule has 0 bridgehead atoms. The van der Waals surface area contributed by atoms with Gasteiger partial charge in [0.1, 0.15) is 0 Å². The number of hydrogen-bond acceptors (Lipinski definition) is 3. The minimum atomic E-state index is -3.58. The first kappa shape index (κ1) is 18.4. The Kier molecular flexibility index (Phi) is 5.58. The minimum Gasteiger partial charge on any atom is -0.308 e. The van der Waals surface area contributed by atoms with Crippen molar-refractivity contribution in [2.24, 2.45) is 0 Å². The zero-order valence-electron chi connectivity index (χ0n) is 14.7. The number of benzene rings is 2. The van der Waals surface area contributed by atoms with E-state index in [1.165, 1.54) is 0 Å². The van der Waals surface area contributed by atoms with Gasteiger partial charge in [0, 0.05) is 24.3 Å². The number of rotatable bonds is 6. The Morgan fingerprint density at radius 3 is 2.65 bits per heavy atom. The van der Waals surface area contributed by atoms with Crippen LogP contribution in [0.4, 0.5) is 11.4 Å². The van der Waals surface area contributed by atoms with Crippen LogP contribution in [0.1, 0.15) is 35.7 Å². The third kappa shape index (κ3) is 4.23. The van der Waals surface area contributed by atoms with Crippen molar-refractivity contribution < 1.29 is 13.2 Å². The van der Waals surface area contributed by atoms with Crippen molar-refractivity contribution in [1.29, 1.82) is 0 Å². The van der Waals surface area contributed by atoms with Crippen LogP contribution in [-0.2, 0) is 16.6 Å². The molecule has 26 heavy (non-hydrogen) atoms. The highest BCUT2D eigenvalue weighted by atomic mass is 32.2. The van der Waals surface area contributed by atoms with Crippen LogP contribution in [0.3, 0.4) is 0 Å². The lowest BCUT2D eigenvalue weighted by molar-refractivity contribution is 0.0985. The van der Waals surface area contributed by atoms with Gasteiger partial charge in [-0.05, 0) is 55.2 Å². The number of carbonyl (C=O) groups is 1. The molecule has 0 saturated heterocycles. The summed E-state index contributed by atoms with van der Waals surface area (Å²) in [5.74, 6) is -0.0375. The van der Waals surface area contributed by atoms with Gasteiger partial charge in [0.25, 0.3) is 16.1 Å². The molecule has 0 unspecified atom stereocenters. The van der Waals surface area contributed by atoms with Crippen LogP contribution >= 0.6 is 0 Å². The second-order valence-electron chi connectivity index (χ2n) is 6.27. The van der Waals surface area contributed by atoms with Crippen molar-refractivity contribution in [3.8, 4) is 0 Å². The number of nitrogens with zero attached hydrogens (tertiary/aromatic N) is 1. The number of anilines is 2. The molecule has 7 heteroatoms. The number of hydrogen-bond donors (Lipinski definition) is 2. The van der Waals surface area contributed by atoms with Crippen molar-refractivity contribution in [2.75, 3.05) is 22.7 Å². The van der Waals surface area contributed by atoms with Crippen molar-refractivity contribution in [3.63, 3.8) is 0 Å². The summed E-state index contributed by atoms with van der Waals surface area (Å²) >= 11 is 0. The number of nitrogens with one attached hydrogen (secondary N) is 2. The van der Waals surface area contributed by atoms with Gasteiger partial charge in [-0.15, -0.1) is 0 Å². The first-order valence-electron chi connectivity index (χ1n) is 8.77. The predicted octanol–water partition coefficient (Wildman–Crippen LogP) is 2.94. The van der Waals surface area contributed by atoms with Crippen molar-refractivity contribution in [1.82, 2.24) is 4.72 Å². The zero-order chi connectivity index (χ0) is 18.6. The summed E-state index contributed by atoms with van der Waals surface area (Å²) in [6.45, 7) is 2.95. The highest BCUT2D eigenvalue weighted by Crippen LogP contribution is 2.31. The summed E-state index contributed by atoms with van der Waals surface area (Å²) in [6.07, 6.45) is 2.38.